The Labute approximate surface area is 107 Å². The second-order valence-corrected chi connectivity index (χ2v) is 4.80. The summed E-state index contributed by atoms with van der Waals surface area (Å²) in [5.74, 6) is -0.535. The van der Waals surface area contributed by atoms with E-state index < -0.39 is 0 Å². The number of hydrogen-bond donors (Lipinski definition) is 2. The van der Waals surface area contributed by atoms with E-state index in [4.69, 9.17) is 0 Å². The van der Waals surface area contributed by atoms with Gasteiger partial charge >= 0.3 is 0 Å². The van der Waals surface area contributed by atoms with E-state index >= 15 is 0 Å². The maximum Gasteiger partial charge on any atom is 0.251 e. The lowest BCUT2D eigenvalue weighted by molar-refractivity contribution is 0.0952. The van der Waals surface area contributed by atoms with E-state index in [1.807, 2.05) is 0 Å². The molecule has 1 atom stereocenters. The molecule has 1 amide bonds. The van der Waals surface area contributed by atoms with Gasteiger partial charge in [-0.1, -0.05) is 6.07 Å². The van der Waals surface area contributed by atoms with Crippen molar-refractivity contribution in [2.45, 2.75) is 32.2 Å². The summed E-state index contributed by atoms with van der Waals surface area (Å²) in [5, 5.41) is 6.20. The third kappa shape index (κ3) is 3.29. The van der Waals surface area contributed by atoms with Gasteiger partial charge in [0.2, 0.25) is 0 Å². The largest absolute Gasteiger partial charge is 0.352 e. The average Bonchev–Trinajstić information content (AvgIpc) is 2.85. The van der Waals surface area contributed by atoms with Crippen LogP contribution in [0.15, 0.2) is 18.2 Å². The molecular formula is C14H19FN2O. The van der Waals surface area contributed by atoms with Gasteiger partial charge in [0.1, 0.15) is 5.82 Å². The first-order chi connectivity index (χ1) is 8.66. The van der Waals surface area contributed by atoms with Crippen LogP contribution < -0.4 is 10.6 Å². The molecule has 1 aromatic rings. The summed E-state index contributed by atoms with van der Waals surface area (Å²) in [4.78, 5) is 11.8. The average molecular weight is 250 g/mol. The molecular weight excluding hydrogens is 231 g/mol. The monoisotopic (exact) mass is 250 g/mol. The minimum absolute atomic E-state index is 0.202. The Morgan fingerprint density at radius 3 is 3.06 bits per heavy atom. The summed E-state index contributed by atoms with van der Waals surface area (Å²) in [7, 11) is 0. The van der Waals surface area contributed by atoms with Crippen molar-refractivity contribution in [2.24, 2.45) is 0 Å². The van der Waals surface area contributed by atoms with Crippen molar-refractivity contribution in [1.82, 2.24) is 10.6 Å². The van der Waals surface area contributed by atoms with Crippen LogP contribution in [0, 0.1) is 12.7 Å². The summed E-state index contributed by atoms with van der Waals surface area (Å²) in [6.45, 7) is 3.39. The van der Waals surface area contributed by atoms with E-state index in [0.29, 0.717) is 23.7 Å². The first-order valence-corrected chi connectivity index (χ1v) is 6.44. The van der Waals surface area contributed by atoms with Crippen LogP contribution in [0.5, 0.6) is 0 Å². The Hall–Kier alpha value is -1.42. The second kappa shape index (κ2) is 5.96. The summed E-state index contributed by atoms with van der Waals surface area (Å²) >= 11 is 0. The third-order valence-electron chi connectivity index (χ3n) is 3.37. The number of aryl methyl sites for hydroxylation is 1. The minimum Gasteiger partial charge on any atom is -0.352 e. The van der Waals surface area contributed by atoms with Crippen molar-refractivity contribution in [3.63, 3.8) is 0 Å². The van der Waals surface area contributed by atoms with Crippen molar-refractivity contribution < 1.29 is 9.18 Å². The third-order valence-corrected chi connectivity index (χ3v) is 3.37. The van der Waals surface area contributed by atoms with E-state index in [1.54, 1.807) is 19.1 Å². The molecule has 4 heteroatoms. The van der Waals surface area contributed by atoms with Crippen molar-refractivity contribution in [3.05, 3.63) is 35.1 Å². The fourth-order valence-electron chi connectivity index (χ4n) is 2.20. The number of nitrogens with one attached hydrogen (secondary N) is 2. The Bertz CT molecular complexity index is 428. The highest BCUT2D eigenvalue weighted by atomic mass is 19.1. The van der Waals surface area contributed by atoms with Crippen molar-refractivity contribution in [3.8, 4) is 0 Å². The fourth-order valence-corrected chi connectivity index (χ4v) is 2.20. The minimum atomic E-state index is -0.333. The van der Waals surface area contributed by atoms with Crippen molar-refractivity contribution >= 4 is 5.91 Å². The van der Waals surface area contributed by atoms with E-state index in [9.17, 15) is 9.18 Å². The molecule has 0 aromatic heterocycles. The molecule has 3 nitrogen and oxygen atoms in total. The summed E-state index contributed by atoms with van der Waals surface area (Å²) in [6.07, 6.45) is 3.32. The quantitative estimate of drug-likeness (QED) is 0.858. The van der Waals surface area contributed by atoms with Gasteiger partial charge in [-0.2, -0.15) is 0 Å². The van der Waals surface area contributed by atoms with Gasteiger partial charge in [0, 0.05) is 18.2 Å². The zero-order valence-corrected chi connectivity index (χ0v) is 10.6. The SMILES string of the molecule is Cc1ccc(C(=O)NCC[C@H]2CCCN2)cc1F. The van der Waals surface area contributed by atoms with Gasteiger partial charge in [-0.05, 0) is 50.4 Å². The zero-order chi connectivity index (χ0) is 13.0. The molecule has 0 radical (unpaired) electrons. The smallest absolute Gasteiger partial charge is 0.251 e. The molecule has 1 aliphatic rings. The fraction of sp³-hybridized carbons (Fsp3) is 0.500. The topological polar surface area (TPSA) is 41.1 Å². The summed E-state index contributed by atoms with van der Waals surface area (Å²) < 4.78 is 13.3. The molecule has 0 spiro atoms. The molecule has 0 unspecified atom stereocenters. The molecule has 0 bridgehead atoms. The van der Waals surface area contributed by atoms with E-state index in [-0.39, 0.29) is 11.7 Å². The maximum absolute atomic E-state index is 13.3. The van der Waals surface area contributed by atoms with Gasteiger partial charge in [-0.3, -0.25) is 4.79 Å². The molecule has 1 aliphatic heterocycles. The first-order valence-electron chi connectivity index (χ1n) is 6.44. The summed E-state index contributed by atoms with van der Waals surface area (Å²) in [5.41, 5.74) is 0.944. The van der Waals surface area contributed by atoms with Crippen LogP contribution in [0.25, 0.3) is 0 Å². The van der Waals surface area contributed by atoms with Crippen LogP contribution in [0.2, 0.25) is 0 Å². The molecule has 18 heavy (non-hydrogen) atoms. The first kappa shape index (κ1) is 13.0. The number of hydrogen-bond acceptors (Lipinski definition) is 2. The maximum atomic E-state index is 13.3. The molecule has 1 fully saturated rings. The number of halogens is 1. The second-order valence-electron chi connectivity index (χ2n) is 4.80. The van der Waals surface area contributed by atoms with Crippen LogP contribution in [0.1, 0.15) is 35.2 Å². The van der Waals surface area contributed by atoms with Gasteiger partial charge in [-0.25, -0.2) is 4.39 Å². The Kier molecular flexibility index (Phi) is 4.31. The number of benzene rings is 1. The molecule has 2 rings (SSSR count). The van der Waals surface area contributed by atoms with Crippen LogP contribution in [-0.4, -0.2) is 25.0 Å². The normalized spacial score (nSPS) is 18.9. The summed E-state index contributed by atoms with van der Waals surface area (Å²) in [6, 6.07) is 5.09. The van der Waals surface area contributed by atoms with Crippen LogP contribution in [0.4, 0.5) is 4.39 Å². The molecule has 0 aliphatic carbocycles. The van der Waals surface area contributed by atoms with E-state index in [1.165, 1.54) is 18.9 Å². The van der Waals surface area contributed by atoms with Gasteiger partial charge in [0.05, 0.1) is 0 Å². The van der Waals surface area contributed by atoms with E-state index in [0.717, 1.165) is 13.0 Å². The lowest BCUT2D eigenvalue weighted by atomic mass is 10.1. The number of amides is 1. The molecule has 98 valence electrons. The lowest BCUT2D eigenvalue weighted by Gasteiger charge is -2.11. The molecule has 2 N–H and O–H groups in total. The molecule has 0 saturated carbocycles. The van der Waals surface area contributed by atoms with Crippen LogP contribution >= 0.6 is 0 Å². The molecule has 1 heterocycles. The number of carbonyl (C=O) groups excluding carboxylic acids is 1. The predicted octanol–water partition coefficient (Wildman–Crippen LogP) is 2.01. The highest BCUT2D eigenvalue weighted by Gasteiger charge is 2.14. The number of carbonyl (C=O) groups is 1. The zero-order valence-electron chi connectivity index (χ0n) is 10.6. The highest BCUT2D eigenvalue weighted by molar-refractivity contribution is 5.94. The van der Waals surface area contributed by atoms with Gasteiger partial charge in [0.25, 0.3) is 5.91 Å². The Morgan fingerprint density at radius 2 is 2.39 bits per heavy atom. The Balaban J connectivity index is 1.81. The van der Waals surface area contributed by atoms with E-state index in [2.05, 4.69) is 10.6 Å². The van der Waals surface area contributed by atoms with Gasteiger partial charge < -0.3 is 10.6 Å². The number of rotatable bonds is 4. The van der Waals surface area contributed by atoms with Crippen LogP contribution in [0.3, 0.4) is 0 Å². The van der Waals surface area contributed by atoms with Crippen molar-refractivity contribution in [2.75, 3.05) is 13.1 Å². The molecule has 1 aromatic carbocycles. The Morgan fingerprint density at radius 1 is 1.56 bits per heavy atom. The van der Waals surface area contributed by atoms with Gasteiger partial charge in [0.15, 0.2) is 0 Å². The highest BCUT2D eigenvalue weighted by Crippen LogP contribution is 2.10. The predicted molar refractivity (Wildman–Crippen MR) is 69.1 cm³/mol. The standard InChI is InChI=1S/C14H19FN2O/c1-10-4-5-11(9-13(10)15)14(18)17-8-6-12-3-2-7-16-12/h4-5,9,12,16H,2-3,6-8H2,1H3,(H,17,18)/t12-/m1/s1. The molecule has 1 saturated heterocycles. The van der Waals surface area contributed by atoms with Gasteiger partial charge in [-0.15, -0.1) is 0 Å². The lowest BCUT2D eigenvalue weighted by Crippen LogP contribution is -2.30. The van der Waals surface area contributed by atoms with Crippen molar-refractivity contribution in [1.29, 1.82) is 0 Å². The van der Waals surface area contributed by atoms with Crippen LogP contribution in [-0.2, 0) is 0 Å².